The largest absolute Gasteiger partial charge is 0.484 e. The van der Waals surface area contributed by atoms with Crippen LogP contribution in [0.15, 0.2) is 77.3 Å². The van der Waals surface area contributed by atoms with E-state index in [4.69, 9.17) is 4.74 Å². The van der Waals surface area contributed by atoms with Gasteiger partial charge in [-0.25, -0.2) is 0 Å². The highest BCUT2D eigenvalue weighted by molar-refractivity contribution is 9.10. The minimum Gasteiger partial charge on any atom is -0.484 e. The second-order valence-corrected chi connectivity index (χ2v) is 9.46. The van der Waals surface area contributed by atoms with Gasteiger partial charge >= 0.3 is 0 Å². The Balaban J connectivity index is 1.88. The number of nitrogens with one attached hydrogen (secondary N) is 1. The number of halogens is 1. The summed E-state index contributed by atoms with van der Waals surface area (Å²) in [7, 11) is 0. The summed E-state index contributed by atoms with van der Waals surface area (Å²) in [6.07, 6.45) is 1.24. The highest BCUT2D eigenvalue weighted by Gasteiger charge is 2.30. The molecule has 0 fully saturated rings. The van der Waals surface area contributed by atoms with Crippen LogP contribution >= 0.6 is 15.9 Å². The molecule has 1 atom stereocenters. The van der Waals surface area contributed by atoms with Crippen molar-refractivity contribution in [3.63, 3.8) is 0 Å². The molecule has 0 aliphatic rings. The summed E-state index contributed by atoms with van der Waals surface area (Å²) in [5.41, 5.74) is 4.02. The average Bonchev–Trinajstić information content (AvgIpc) is 2.87. The molecule has 35 heavy (non-hydrogen) atoms. The highest BCUT2D eigenvalue weighted by Crippen LogP contribution is 2.26. The average molecular weight is 537 g/mol. The lowest BCUT2D eigenvalue weighted by atomic mass is 10.0. The number of aryl methyl sites for hydroxylation is 2. The second kappa shape index (κ2) is 13.1. The molecule has 3 rings (SSSR count). The first-order chi connectivity index (χ1) is 16.9. The summed E-state index contributed by atoms with van der Waals surface area (Å²) in [6, 6.07) is 22.7. The van der Waals surface area contributed by atoms with Crippen molar-refractivity contribution in [2.45, 2.75) is 46.2 Å². The maximum atomic E-state index is 13.6. The van der Waals surface area contributed by atoms with Crippen LogP contribution < -0.4 is 10.1 Å². The highest BCUT2D eigenvalue weighted by atomic mass is 79.9. The summed E-state index contributed by atoms with van der Waals surface area (Å²) in [5, 5.41) is 2.99. The topological polar surface area (TPSA) is 58.6 Å². The zero-order valence-corrected chi connectivity index (χ0v) is 22.2. The van der Waals surface area contributed by atoms with Gasteiger partial charge in [0.15, 0.2) is 6.61 Å². The van der Waals surface area contributed by atoms with Gasteiger partial charge in [0.2, 0.25) is 5.91 Å². The fourth-order valence-electron chi connectivity index (χ4n) is 3.92. The molecule has 0 aliphatic heterocycles. The third-order valence-corrected chi connectivity index (χ3v) is 7.04. The van der Waals surface area contributed by atoms with Gasteiger partial charge in [-0.05, 0) is 54.7 Å². The molecule has 1 N–H and O–H groups in total. The molecule has 3 aromatic rings. The Kier molecular flexibility index (Phi) is 9.91. The maximum Gasteiger partial charge on any atom is 0.261 e. The summed E-state index contributed by atoms with van der Waals surface area (Å²) >= 11 is 3.57. The van der Waals surface area contributed by atoms with Crippen LogP contribution in [0.1, 0.15) is 35.6 Å². The molecular formula is C29H33BrN2O3. The minimum atomic E-state index is -0.659. The van der Waals surface area contributed by atoms with Crippen molar-refractivity contribution in [3.8, 4) is 5.75 Å². The Morgan fingerprint density at radius 3 is 2.09 bits per heavy atom. The minimum absolute atomic E-state index is 0.153. The van der Waals surface area contributed by atoms with Gasteiger partial charge in [-0.15, -0.1) is 0 Å². The van der Waals surface area contributed by atoms with Crippen LogP contribution in [0.4, 0.5) is 0 Å². The van der Waals surface area contributed by atoms with Crippen LogP contribution in [-0.2, 0) is 22.6 Å². The first-order valence-corrected chi connectivity index (χ1v) is 12.7. The van der Waals surface area contributed by atoms with Gasteiger partial charge in [0, 0.05) is 24.0 Å². The molecule has 0 bridgehead atoms. The second-order valence-electron chi connectivity index (χ2n) is 8.66. The molecule has 184 valence electrons. The van der Waals surface area contributed by atoms with Gasteiger partial charge < -0.3 is 15.0 Å². The van der Waals surface area contributed by atoms with Crippen LogP contribution in [0.3, 0.4) is 0 Å². The predicted molar refractivity (Wildman–Crippen MR) is 143 cm³/mol. The van der Waals surface area contributed by atoms with Crippen LogP contribution in [0.2, 0.25) is 0 Å². The number of benzene rings is 3. The van der Waals surface area contributed by atoms with Crippen molar-refractivity contribution >= 4 is 27.7 Å². The quantitative estimate of drug-likeness (QED) is 0.346. The SMILES string of the molecule is CCCNC(=O)C(Cc1ccccc1)N(Cc1ccccc1)C(=O)COc1cc(C)c(Br)c(C)c1. The molecule has 0 aromatic heterocycles. The number of carbonyl (C=O) groups excluding carboxylic acids is 2. The third-order valence-electron chi connectivity index (χ3n) is 5.79. The van der Waals surface area contributed by atoms with Crippen molar-refractivity contribution in [2.24, 2.45) is 0 Å². The molecule has 0 aliphatic carbocycles. The summed E-state index contributed by atoms with van der Waals surface area (Å²) in [5.74, 6) is 0.237. The van der Waals surface area contributed by atoms with Crippen LogP contribution in [0.5, 0.6) is 5.75 Å². The molecule has 6 heteroatoms. The number of carbonyl (C=O) groups is 2. The zero-order chi connectivity index (χ0) is 25.2. The van der Waals surface area contributed by atoms with Crippen LogP contribution in [-0.4, -0.2) is 35.9 Å². The van der Waals surface area contributed by atoms with E-state index >= 15 is 0 Å². The normalized spacial score (nSPS) is 11.5. The van der Waals surface area contributed by atoms with E-state index in [-0.39, 0.29) is 18.4 Å². The number of nitrogens with zero attached hydrogens (tertiary/aromatic N) is 1. The fraction of sp³-hybridized carbons (Fsp3) is 0.310. The molecule has 3 aromatic carbocycles. The van der Waals surface area contributed by atoms with E-state index in [0.717, 1.165) is 33.1 Å². The van der Waals surface area contributed by atoms with E-state index in [1.807, 2.05) is 93.6 Å². The van der Waals surface area contributed by atoms with Gasteiger partial charge in [-0.1, -0.05) is 83.5 Å². The summed E-state index contributed by atoms with van der Waals surface area (Å²) in [6.45, 7) is 6.71. The summed E-state index contributed by atoms with van der Waals surface area (Å²) in [4.78, 5) is 28.5. The monoisotopic (exact) mass is 536 g/mol. The van der Waals surface area contributed by atoms with Crippen molar-refractivity contribution in [1.29, 1.82) is 0 Å². The zero-order valence-electron chi connectivity index (χ0n) is 20.6. The Morgan fingerprint density at radius 2 is 1.51 bits per heavy atom. The van der Waals surface area contributed by atoms with E-state index in [9.17, 15) is 9.59 Å². The Hall–Kier alpha value is -3.12. The summed E-state index contributed by atoms with van der Waals surface area (Å²) < 4.78 is 6.95. The molecule has 0 saturated heterocycles. The Morgan fingerprint density at radius 1 is 0.943 bits per heavy atom. The van der Waals surface area contributed by atoms with Crippen molar-refractivity contribution < 1.29 is 14.3 Å². The third kappa shape index (κ3) is 7.69. The lowest BCUT2D eigenvalue weighted by molar-refractivity contribution is -0.142. The van der Waals surface area contributed by atoms with Gasteiger partial charge in [-0.2, -0.15) is 0 Å². The molecule has 0 radical (unpaired) electrons. The van der Waals surface area contributed by atoms with E-state index in [1.54, 1.807) is 4.90 Å². The lowest BCUT2D eigenvalue weighted by Gasteiger charge is -2.31. The predicted octanol–water partition coefficient (Wildman–Crippen LogP) is 5.61. The number of rotatable bonds is 11. The smallest absolute Gasteiger partial charge is 0.261 e. The van der Waals surface area contributed by atoms with Crippen molar-refractivity contribution in [3.05, 3.63) is 99.5 Å². The van der Waals surface area contributed by atoms with Gasteiger partial charge in [0.1, 0.15) is 11.8 Å². The van der Waals surface area contributed by atoms with E-state index in [1.165, 1.54) is 0 Å². The maximum absolute atomic E-state index is 13.6. The molecule has 2 amide bonds. The van der Waals surface area contributed by atoms with Crippen molar-refractivity contribution in [1.82, 2.24) is 10.2 Å². The molecular weight excluding hydrogens is 504 g/mol. The standard InChI is InChI=1S/C29H33BrN2O3/c1-4-15-31-29(34)26(18-23-11-7-5-8-12-23)32(19-24-13-9-6-10-14-24)27(33)20-35-25-16-21(2)28(30)22(3)17-25/h5-14,16-17,26H,4,15,18-20H2,1-3H3,(H,31,34). The number of amides is 2. The number of ether oxygens (including phenoxy) is 1. The molecule has 0 spiro atoms. The first kappa shape index (κ1) is 26.5. The molecule has 5 nitrogen and oxygen atoms in total. The Bertz CT molecular complexity index is 1100. The van der Waals surface area contributed by atoms with Crippen molar-refractivity contribution in [2.75, 3.05) is 13.2 Å². The van der Waals surface area contributed by atoms with Gasteiger partial charge in [0.05, 0.1) is 0 Å². The molecule has 0 saturated carbocycles. The van der Waals surface area contributed by atoms with Gasteiger partial charge in [0.25, 0.3) is 5.91 Å². The fourth-order valence-corrected chi connectivity index (χ4v) is 4.15. The lowest BCUT2D eigenvalue weighted by Crippen LogP contribution is -2.51. The number of hydrogen-bond donors (Lipinski definition) is 1. The molecule has 1 unspecified atom stereocenters. The van der Waals surface area contributed by atoms with E-state index in [0.29, 0.717) is 25.3 Å². The molecule has 0 heterocycles. The van der Waals surface area contributed by atoms with Crippen LogP contribution in [0.25, 0.3) is 0 Å². The van der Waals surface area contributed by atoms with E-state index in [2.05, 4.69) is 21.2 Å². The Labute approximate surface area is 216 Å². The first-order valence-electron chi connectivity index (χ1n) is 11.9. The number of hydrogen-bond acceptors (Lipinski definition) is 3. The van der Waals surface area contributed by atoms with E-state index < -0.39 is 6.04 Å². The van der Waals surface area contributed by atoms with Gasteiger partial charge in [-0.3, -0.25) is 9.59 Å². The van der Waals surface area contributed by atoms with Crippen LogP contribution in [0, 0.1) is 13.8 Å².